The number of rotatable bonds is 7. The van der Waals surface area contributed by atoms with Crippen LogP contribution in [-0.4, -0.2) is 94.2 Å². The Morgan fingerprint density at radius 1 is 1.04 bits per heavy atom. The molecule has 2 aliphatic rings. The van der Waals surface area contributed by atoms with E-state index in [4.69, 9.17) is 0 Å². The maximum atomic E-state index is 14.1. The zero-order valence-corrected chi connectivity index (χ0v) is 25.0. The first-order valence-corrected chi connectivity index (χ1v) is 14.3. The maximum absolute atomic E-state index is 14.1. The molecule has 3 heterocycles. The summed E-state index contributed by atoms with van der Waals surface area (Å²) in [5.41, 5.74) is 0.478. The minimum absolute atomic E-state index is 0.0463. The van der Waals surface area contributed by atoms with Crippen LogP contribution in [0.2, 0.25) is 0 Å². The lowest BCUT2D eigenvalue weighted by atomic mass is 9.98. The molecule has 2 aromatic carbocycles. The van der Waals surface area contributed by atoms with Crippen molar-refractivity contribution < 1.29 is 32.7 Å². The summed E-state index contributed by atoms with van der Waals surface area (Å²) in [6, 6.07) is 13.2. The molecule has 1 aromatic heterocycles. The van der Waals surface area contributed by atoms with Gasteiger partial charge in [0.1, 0.15) is 23.8 Å². The van der Waals surface area contributed by atoms with E-state index in [2.05, 4.69) is 10.3 Å². The molecule has 4 amide bonds. The van der Waals surface area contributed by atoms with Crippen LogP contribution in [0, 0.1) is 0 Å². The first kappa shape index (κ1) is 31.6. The van der Waals surface area contributed by atoms with Gasteiger partial charge in [0.15, 0.2) is 0 Å². The standard InChI is InChI=1S/C31H34F3N7O4/c1-37(2)28-22(8-6-14-35-28)17-39-18-26-40(25(29(39)44)15-20-10-12-23(42)13-11-20)27(43)19-38(3)41(26)30(45)36-16-21-7-4-5-9-24(21)31(32,33)34/h4-14,25-26,42H,15-19H2,1-3H3,(H,36,45)/t25-,26?/m0/s1. The number of benzene rings is 2. The Morgan fingerprint density at radius 2 is 1.73 bits per heavy atom. The van der Waals surface area contributed by atoms with Crippen molar-refractivity contribution in [3.63, 3.8) is 0 Å². The molecule has 0 bridgehead atoms. The van der Waals surface area contributed by atoms with Crippen LogP contribution < -0.4 is 10.2 Å². The van der Waals surface area contributed by atoms with Gasteiger partial charge in [0.2, 0.25) is 11.8 Å². The number of likely N-dealkylation sites (N-methyl/N-ethyl adjacent to an activating group) is 1. The Morgan fingerprint density at radius 3 is 2.42 bits per heavy atom. The van der Waals surface area contributed by atoms with Crippen molar-refractivity contribution >= 4 is 23.7 Å². The maximum Gasteiger partial charge on any atom is 0.416 e. The molecule has 5 rings (SSSR count). The van der Waals surface area contributed by atoms with Gasteiger partial charge >= 0.3 is 12.2 Å². The Kier molecular flexibility index (Phi) is 8.87. The minimum atomic E-state index is -4.60. The molecule has 0 radical (unpaired) electrons. The number of hydrogen-bond donors (Lipinski definition) is 2. The number of aromatic nitrogens is 1. The number of fused-ring (bicyclic) bond motifs is 1. The molecule has 11 nitrogen and oxygen atoms in total. The fourth-order valence-electron chi connectivity index (χ4n) is 5.87. The molecule has 238 valence electrons. The lowest BCUT2D eigenvalue weighted by Crippen LogP contribution is -2.76. The third-order valence-corrected chi connectivity index (χ3v) is 7.92. The number of phenolic OH excluding ortho intramolecular Hbond substituents is 1. The number of nitrogens with one attached hydrogen (secondary N) is 1. The number of alkyl halides is 3. The van der Waals surface area contributed by atoms with E-state index < -0.39 is 36.5 Å². The first-order chi connectivity index (χ1) is 21.3. The molecule has 0 aliphatic carbocycles. The van der Waals surface area contributed by atoms with Crippen LogP contribution in [-0.2, 0) is 35.3 Å². The van der Waals surface area contributed by atoms with Crippen LogP contribution in [0.1, 0.15) is 22.3 Å². The molecule has 1 unspecified atom stereocenters. The Bertz CT molecular complexity index is 1570. The summed E-state index contributed by atoms with van der Waals surface area (Å²) in [6.07, 6.45) is -3.79. The van der Waals surface area contributed by atoms with Crippen LogP contribution in [0.3, 0.4) is 0 Å². The predicted molar refractivity (Wildman–Crippen MR) is 158 cm³/mol. The SMILES string of the molecule is CN(C)c1ncccc1CN1CC2N(C(=O)CN(C)N2C(=O)NCc2ccccc2C(F)(F)F)[C@@H](Cc2ccc(O)cc2)C1=O. The molecule has 14 heteroatoms. The smallest absolute Gasteiger partial charge is 0.416 e. The van der Waals surface area contributed by atoms with Crippen LogP contribution in [0.5, 0.6) is 5.75 Å². The Labute approximate surface area is 258 Å². The topological polar surface area (TPSA) is 113 Å². The number of anilines is 1. The Balaban J connectivity index is 1.48. The number of carbonyl (C=O) groups excluding carboxylic acids is 3. The summed E-state index contributed by atoms with van der Waals surface area (Å²) in [7, 11) is 5.20. The molecule has 2 aliphatic heterocycles. The lowest BCUT2D eigenvalue weighted by Gasteiger charge is -2.54. The van der Waals surface area contributed by atoms with Crippen LogP contribution in [0.4, 0.5) is 23.8 Å². The van der Waals surface area contributed by atoms with E-state index >= 15 is 0 Å². The highest BCUT2D eigenvalue weighted by molar-refractivity contribution is 5.91. The van der Waals surface area contributed by atoms with E-state index in [1.807, 2.05) is 25.1 Å². The number of nitrogens with zero attached hydrogens (tertiary/aromatic N) is 6. The molecule has 0 saturated carbocycles. The predicted octanol–water partition coefficient (Wildman–Crippen LogP) is 3.05. The zero-order chi connectivity index (χ0) is 32.5. The highest BCUT2D eigenvalue weighted by atomic mass is 19.4. The van der Waals surface area contributed by atoms with Crippen LogP contribution in [0.25, 0.3) is 0 Å². The molecule has 2 fully saturated rings. The Hall–Kier alpha value is -4.85. The summed E-state index contributed by atoms with van der Waals surface area (Å²) in [6.45, 7) is -0.533. The number of carbonyl (C=O) groups is 3. The molecule has 3 aromatic rings. The van der Waals surface area contributed by atoms with Crippen molar-refractivity contribution in [1.82, 2.24) is 30.1 Å². The third-order valence-electron chi connectivity index (χ3n) is 7.92. The summed E-state index contributed by atoms with van der Waals surface area (Å²) >= 11 is 0. The minimum Gasteiger partial charge on any atom is -0.508 e. The summed E-state index contributed by atoms with van der Waals surface area (Å²) < 4.78 is 40.8. The quantitative estimate of drug-likeness (QED) is 0.415. The molecule has 2 atom stereocenters. The van der Waals surface area contributed by atoms with Gasteiger partial charge in [-0.05, 0) is 35.4 Å². The highest BCUT2D eigenvalue weighted by Gasteiger charge is 2.50. The number of phenols is 1. The van der Waals surface area contributed by atoms with E-state index in [-0.39, 0.29) is 49.2 Å². The number of hydrogen-bond acceptors (Lipinski definition) is 7. The van der Waals surface area contributed by atoms with Gasteiger partial charge in [0.05, 0.1) is 18.7 Å². The van der Waals surface area contributed by atoms with E-state index in [9.17, 15) is 32.7 Å². The zero-order valence-electron chi connectivity index (χ0n) is 25.0. The van der Waals surface area contributed by atoms with Gasteiger partial charge in [-0.25, -0.2) is 19.8 Å². The van der Waals surface area contributed by atoms with Crippen molar-refractivity contribution in [3.05, 3.63) is 89.1 Å². The molecule has 45 heavy (non-hydrogen) atoms. The summed E-state index contributed by atoms with van der Waals surface area (Å²) in [5, 5.41) is 15.1. The molecular formula is C31H34F3N7O4. The second-order valence-electron chi connectivity index (χ2n) is 11.2. The fourth-order valence-corrected chi connectivity index (χ4v) is 5.87. The van der Waals surface area contributed by atoms with Crippen molar-refractivity contribution in [1.29, 1.82) is 0 Å². The van der Waals surface area contributed by atoms with Gasteiger partial charge in [-0.2, -0.15) is 13.2 Å². The summed E-state index contributed by atoms with van der Waals surface area (Å²) in [5.74, 6) is -0.00410. The fraction of sp³-hybridized carbons (Fsp3) is 0.355. The van der Waals surface area contributed by atoms with Gasteiger partial charge in [0.25, 0.3) is 0 Å². The largest absolute Gasteiger partial charge is 0.508 e. The number of aromatic hydroxyl groups is 1. The number of halogens is 3. The molecule has 2 N–H and O–H groups in total. The van der Waals surface area contributed by atoms with Gasteiger partial charge in [0, 0.05) is 52.4 Å². The monoisotopic (exact) mass is 625 g/mol. The normalized spacial score (nSPS) is 19.0. The number of pyridine rings is 1. The van der Waals surface area contributed by atoms with Crippen molar-refractivity contribution in [2.24, 2.45) is 0 Å². The van der Waals surface area contributed by atoms with E-state index in [1.54, 1.807) is 36.3 Å². The number of piperazine rings is 1. The van der Waals surface area contributed by atoms with Gasteiger partial charge in [-0.15, -0.1) is 0 Å². The van der Waals surface area contributed by atoms with E-state index in [1.165, 1.54) is 45.2 Å². The molecular weight excluding hydrogens is 591 g/mol. The second-order valence-corrected chi connectivity index (χ2v) is 11.2. The molecule has 2 saturated heterocycles. The third kappa shape index (κ3) is 6.65. The van der Waals surface area contributed by atoms with Gasteiger partial charge < -0.3 is 25.1 Å². The van der Waals surface area contributed by atoms with E-state index in [0.29, 0.717) is 11.4 Å². The van der Waals surface area contributed by atoms with Crippen molar-refractivity contribution in [2.75, 3.05) is 39.1 Å². The van der Waals surface area contributed by atoms with Gasteiger partial charge in [-0.3, -0.25) is 9.59 Å². The lowest BCUT2D eigenvalue weighted by molar-refractivity contribution is -0.187. The van der Waals surface area contributed by atoms with Crippen LogP contribution in [0.15, 0.2) is 66.9 Å². The van der Waals surface area contributed by atoms with Crippen LogP contribution >= 0.6 is 0 Å². The average Bonchev–Trinajstić information content (AvgIpc) is 2.99. The average molecular weight is 626 g/mol. The number of hydrazine groups is 1. The van der Waals surface area contributed by atoms with Crippen molar-refractivity contribution in [3.8, 4) is 5.75 Å². The number of urea groups is 1. The number of amides is 4. The molecule has 0 spiro atoms. The second kappa shape index (κ2) is 12.6. The van der Waals surface area contributed by atoms with Crippen molar-refractivity contribution in [2.45, 2.75) is 37.9 Å². The summed E-state index contributed by atoms with van der Waals surface area (Å²) in [4.78, 5) is 50.5. The van der Waals surface area contributed by atoms with E-state index in [0.717, 1.165) is 11.6 Å². The highest BCUT2D eigenvalue weighted by Crippen LogP contribution is 2.33. The van der Waals surface area contributed by atoms with Gasteiger partial charge in [-0.1, -0.05) is 36.4 Å². The first-order valence-electron chi connectivity index (χ1n) is 14.3.